The molecule has 0 saturated heterocycles. The van der Waals surface area contributed by atoms with Crippen LogP contribution in [0.1, 0.15) is 27.2 Å². The van der Waals surface area contributed by atoms with Gasteiger partial charge in [0.15, 0.2) is 0 Å². The van der Waals surface area contributed by atoms with Crippen LogP contribution in [0.2, 0.25) is 0 Å². The number of hydrazone groups is 1. The molecule has 0 saturated carbocycles. The van der Waals surface area contributed by atoms with Crippen LogP contribution in [0.5, 0.6) is 0 Å². The van der Waals surface area contributed by atoms with E-state index in [0.717, 1.165) is 5.69 Å². The van der Waals surface area contributed by atoms with Crippen LogP contribution in [0.3, 0.4) is 0 Å². The first-order chi connectivity index (χ1) is 11.1. The lowest BCUT2D eigenvalue weighted by Crippen LogP contribution is -2.45. The Kier molecular flexibility index (Phi) is 5.73. The molecule has 0 aliphatic carbocycles. The molecule has 23 heavy (non-hydrogen) atoms. The summed E-state index contributed by atoms with van der Waals surface area (Å²) in [7, 11) is 0. The van der Waals surface area contributed by atoms with Gasteiger partial charge in [-0.1, -0.05) is 18.2 Å². The fourth-order valence-electron chi connectivity index (χ4n) is 2.61. The molecule has 1 aliphatic heterocycles. The molecule has 1 aromatic carbocycles. The predicted octanol–water partition coefficient (Wildman–Crippen LogP) is 2.05. The predicted molar refractivity (Wildman–Crippen MR) is 89.3 cm³/mol. The van der Waals surface area contributed by atoms with E-state index >= 15 is 0 Å². The van der Waals surface area contributed by atoms with Crippen LogP contribution in [0.25, 0.3) is 0 Å². The number of anilines is 1. The number of carbonyl (C=O) groups is 2. The van der Waals surface area contributed by atoms with Gasteiger partial charge in [-0.05, 0) is 32.9 Å². The van der Waals surface area contributed by atoms with E-state index in [0.29, 0.717) is 18.8 Å². The molecule has 1 amide bonds. The summed E-state index contributed by atoms with van der Waals surface area (Å²) >= 11 is 0. The van der Waals surface area contributed by atoms with Crippen LogP contribution in [-0.2, 0) is 14.3 Å². The maximum atomic E-state index is 12.8. The maximum Gasteiger partial charge on any atom is 0.354 e. The van der Waals surface area contributed by atoms with Crippen LogP contribution in [0.4, 0.5) is 5.69 Å². The van der Waals surface area contributed by atoms with Gasteiger partial charge in [-0.15, -0.1) is 0 Å². The van der Waals surface area contributed by atoms with Crippen molar-refractivity contribution in [1.82, 2.24) is 4.90 Å². The zero-order chi connectivity index (χ0) is 16.8. The second-order valence-electron chi connectivity index (χ2n) is 5.18. The molecule has 124 valence electrons. The first-order valence-electron chi connectivity index (χ1n) is 8.00. The fraction of sp³-hybridized carbons (Fsp3) is 0.471. The summed E-state index contributed by atoms with van der Waals surface area (Å²) in [6, 6.07) is 8.91. The van der Waals surface area contributed by atoms with E-state index in [1.807, 2.05) is 44.2 Å². The first-order valence-corrected chi connectivity index (χ1v) is 8.00. The number of carbonyl (C=O) groups excluding carboxylic acids is 2. The lowest BCUT2D eigenvalue weighted by molar-refractivity contribution is -0.135. The molecule has 1 atom stereocenters. The molecule has 6 nitrogen and oxygen atoms in total. The second kappa shape index (κ2) is 7.76. The summed E-state index contributed by atoms with van der Waals surface area (Å²) in [6.45, 7) is 7.18. The molecule has 0 unspecified atom stereocenters. The van der Waals surface area contributed by atoms with Gasteiger partial charge in [-0.3, -0.25) is 9.80 Å². The van der Waals surface area contributed by atoms with Gasteiger partial charge in [0.1, 0.15) is 11.8 Å². The van der Waals surface area contributed by atoms with Crippen molar-refractivity contribution in [3.8, 4) is 0 Å². The highest BCUT2D eigenvalue weighted by Gasteiger charge is 2.38. The minimum absolute atomic E-state index is 0.0260. The zero-order valence-corrected chi connectivity index (χ0v) is 13.9. The number of hydrogen-bond donors (Lipinski definition) is 0. The van der Waals surface area contributed by atoms with Crippen molar-refractivity contribution in [3.63, 3.8) is 0 Å². The molecule has 0 bridgehead atoms. The molecule has 0 N–H and O–H groups in total. The number of benzene rings is 1. The molecule has 0 fully saturated rings. The van der Waals surface area contributed by atoms with Gasteiger partial charge in [-0.25, -0.2) is 4.79 Å². The minimum Gasteiger partial charge on any atom is -0.461 e. The van der Waals surface area contributed by atoms with E-state index in [-0.39, 0.29) is 18.9 Å². The standard InChI is InChI=1S/C17H23N3O3/c1-4-19(5-2)16(21)15-12-14(17(22)23-6-3)18-20(15)13-10-8-7-9-11-13/h7-11,15H,4-6,12H2,1-3H3/t15-/m1/s1. The summed E-state index contributed by atoms with van der Waals surface area (Å²) in [5.41, 5.74) is 1.08. The number of esters is 1. The van der Waals surface area contributed by atoms with Crippen LogP contribution in [-0.4, -0.2) is 48.2 Å². The Morgan fingerprint density at radius 1 is 1.22 bits per heavy atom. The Labute approximate surface area is 136 Å². The Bertz CT molecular complexity index is 582. The fourth-order valence-corrected chi connectivity index (χ4v) is 2.61. The van der Waals surface area contributed by atoms with Crippen molar-refractivity contribution in [2.75, 3.05) is 24.7 Å². The Morgan fingerprint density at radius 2 is 1.87 bits per heavy atom. The third-order valence-electron chi connectivity index (χ3n) is 3.80. The third kappa shape index (κ3) is 3.70. The molecule has 1 heterocycles. The largest absolute Gasteiger partial charge is 0.461 e. The Morgan fingerprint density at radius 3 is 2.43 bits per heavy atom. The summed E-state index contributed by atoms with van der Waals surface area (Å²) < 4.78 is 5.03. The number of amides is 1. The zero-order valence-electron chi connectivity index (χ0n) is 13.9. The second-order valence-corrected chi connectivity index (χ2v) is 5.18. The van der Waals surface area contributed by atoms with Crippen LogP contribution in [0, 0.1) is 0 Å². The lowest BCUT2D eigenvalue weighted by Gasteiger charge is -2.28. The number of para-hydroxylation sites is 1. The van der Waals surface area contributed by atoms with Gasteiger partial charge in [0, 0.05) is 19.5 Å². The van der Waals surface area contributed by atoms with Crippen molar-refractivity contribution < 1.29 is 14.3 Å². The quantitative estimate of drug-likeness (QED) is 0.753. The molecular formula is C17H23N3O3. The monoisotopic (exact) mass is 317 g/mol. The van der Waals surface area contributed by atoms with Crippen LogP contribution in [0.15, 0.2) is 35.4 Å². The molecule has 0 radical (unpaired) electrons. The SMILES string of the molecule is CCOC(=O)C1=NN(c2ccccc2)[C@@H](C(=O)N(CC)CC)C1. The smallest absolute Gasteiger partial charge is 0.354 e. The number of nitrogens with zero attached hydrogens (tertiary/aromatic N) is 3. The normalized spacial score (nSPS) is 16.9. The average Bonchev–Trinajstić information content (AvgIpc) is 3.02. The molecule has 2 rings (SSSR count). The number of likely N-dealkylation sites (N-methyl/N-ethyl adjacent to an activating group) is 1. The van der Waals surface area contributed by atoms with Crippen molar-refractivity contribution in [3.05, 3.63) is 30.3 Å². The number of hydrogen-bond acceptors (Lipinski definition) is 5. The molecule has 1 aliphatic rings. The Hall–Kier alpha value is -2.37. The maximum absolute atomic E-state index is 12.8. The average molecular weight is 317 g/mol. The topological polar surface area (TPSA) is 62.2 Å². The summed E-state index contributed by atoms with van der Waals surface area (Å²) in [4.78, 5) is 26.5. The molecular weight excluding hydrogens is 294 g/mol. The van der Waals surface area contributed by atoms with Crippen molar-refractivity contribution in [1.29, 1.82) is 0 Å². The number of rotatable bonds is 6. The minimum atomic E-state index is -0.503. The van der Waals surface area contributed by atoms with E-state index in [2.05, 4.69) is 5.10 Å². The summed E-state index contributed by atoms with van der Waals surface area (Å²) in [5, 5.41) is 5.99. The highest BCUT2D eigenvalue weighted by Crippen LogP contribution is 2.26. The first kappa shape index (κ1) is 17.0. The summed E-state index contributed by atoms with van der Waals surface area (Å²) in [5.74, 6) is -0.481. The van der Waals surface area contributed by atoms with Crippen molar-refractivity contribution in [2.24, 2.45) is 5.10 Å². The van der Waals surface area contributed by atoms with Gasteiger partial charge >= 0.3 is 5.97 Å². The van der Waals surface area contributed by atoms with Gasteiger partial charge in [0.25, 0.3) is 0 Å². The van der Waals surface area contributed by atoms with E-state index in [4.69, 9.17) is 4.74 Å². The van der Waals surface area contributed by atoms with E-state index in [1.54, 1.807) is 16.8 Å². The van der Waals surface area contributed by atoms with Crippen LogP contribution < -0.4 is 5.01 Å². The Balaban J connectivity index is 2.30. The summed E-state index contributed by atoms with van der Waals surface area (Å²) in [6.07, 6.45) is 0.267. The van der Waals surface area contributed by atoms with Gasteiger partial charge in [0.2, 0.25) is 5.91 Å². The van der Waals surface area contributed by atoms with Gasteiger partial charge in [-0.2, -0.15) is 5.10 Å². The van der Waals surface area contributed by atoms with E-state index in [1.165, 1.54) is 0 Å². The van der Waals surface area contributed by atoms with Gasteiger partial charge < -0.3 is 9.64 Å². The lowest BCUT2D eigenvalue weighted by atomic mass is 10.1. The third-order valence-corrected chi connectivity index (χ3v) is 3.80. The molecule has 1 aromatic rings. The number of ether oxygens (including phenoxy) is 1. The highest BCUT2D eigenvalue weighted by molar-refractivity contribution is 6.38. The molecule has 0 aromatic heterocycles. The van der Waals surface area contributed by atoms with Crippen LogP contribution >= 0.6 is 0 Å². The highest BCUT2D eigenvalue weighted by atomic mass is 16.5. The molecule has 0 spiro atoms. The van der Waals surface area contributed by atoms with E-state index < -0.39 is 12.0 Å². The molecule has 6 heteroatoms. The van der Waals surface area contributed by atoms with Gasteiger partial charge in [0.05, 0.1) is 12.3 Å². The van der Waals surface area contributed by atoms with E-state index in [9.17, 15) is 9.59 Å². The van der Waals surface area contributed by atoms with Crippen molar-refractivity contribution >= 4 is 23.3 Å². The van der Waals surface area contributed by atoms with Crippen molar-refractivity contribution in [2.45, 2.75) is 33.2 Å².